The Balaban J connectivity index is 1.86. The highest BCUT2D eigenvalue weighted by molar-refractivity contribution is 7.99. The molecule has 2 atom stereocenters. The minimum atomic E-state index is -0.150. The van der Waals surface area contributed by atoms with E-state index in [2.05, 4.69) is 36.4 Å². The molecule has 0 bridgehead atoms. The van der Waals surface area contributed by atoms with Crippen molar-refractivity contribution in [2.75, 3.05) is 11.5 Å². The molecule has 18 heavy (non-hydrogen) atoms. The molecule has 0 saturated carbocycles. The summed E-state index contributed by atoms with van der Waals surface area (Å²) in [7, 11) is 0. The van der Waals surface area contributed by atoms with Crippen molar-refractivity contribution in [3.05, 3.63) is 59.5 Å². The molecule has 2 aliphatic rings. The van der Waals surface area contributed by atoms with Crippen molar-refractivity contribution in [3.63, 3.8) is 0 Å². The van der Waals surface area contributed by atoms with E-state index in [0.717, 1.165) is 17.3 Å². The van der Waals surface area contributed by atoms with E-state index >= 15 is 0 Å². The van der Waals surface area contributed by atoms with Crippen molar-refractivity contribution in [1.29, 1.82) is 0 Å². The Morgan fingerprint density at radius 3 is 2.94 bits per heavy atom. The average Bonchev–Trinajstić information content (AvgIpc) is 3.06. The summed E-state index contributed by atoms with van der Waals surface area (Å²) in [5.41, 5.74) is 2.49. The van der Waals surface area contributed by atoms with Crippen LogP contribution in [0, 0.1) is 0 Å². The number of hydrogen-bond donors (Lipinski definition) is 0. The van der Waals surface area contributed by atoms with E-state index in [1.165, 1.54) is 11.1 Å². The maximum Gasteiger partial charge on any atom is 0.133 e. The molecule has 2 aliphatic heterocycles. The Morgan fingerprint density at radius 2 is 2.06 bits per heavy atom. The number of thioether (sulfide) groups is 1. The number of fused-ring (bicyclic) bond motifs is 3. The zero-order chi connectivity index (χ0) is 12.0. The molecule has 3 heterocycles. The summed E-state index contributed by atoms with van der Waals surface area (Å²) in [5, 5.41) is 0. The standard InChI is InChI=1S/C15H14O2S/c1-2-4-11(5-3-1)15-10-18-9-13(15)12-6-7-16-14(12)8-17-15/h1-7,13H,8-10H2/t13-,15+/m1/s1. The SMILES string of the molecule is c1ccc([C@@]23CSC[C@@H]2c2ccoc2CO3)cc1. The van der Waals surface area contributed by atoms with Crippen molar-refractivity contribution in [1.82, 2.24) is 0 Å². The van der Waals surface area contributed by atoms with Gasteiger partial charge in [-0.15, -0.1) is 0 Å². The van der Waals surface area contributed by atoms with Gasteiger partial charge in [-0.05, 0) is 11.6 Å². The molecule has 1 fully saturated rings. The zero-order valence-corrected chi connectivity index (χ0v) is 10.8. The zero-order valence-electron chi connectivity index (χ0n) is 9.96. The van der Waals surface area contributed by atoms with Gasteiger partial charge in [-0.3, -0.25) is 0 Å². The normalized spacial score (nSPS) is 29.9. The summed E-state index contributed by atoms with van der Waals surface area (Å²) in [4.78, 5) is 0. The second-order valence-electron chi connectivity index (χ2n) is 4.91. The van der Waals surface area contributed by atoms with E-state index in [4.69, 9.17) is 9.15 Å². The lowest BCUT2D eigenvalue weighted by Gasteiger charge is -2.38. The number of benzene rings is 1. The quantitative estimate of drug-likeness (QED) is 0.781. The first-order chi connectivity index (χ1) is 8.90. The monoisotopic (exact) mass is 258 g/mol. The van der Waals surface area contributed by atoms with E-state index in [1.54, 1.807) is 6.26 Å². The fraction of sp³-hybridized carbons (Fsp3) is 0.333. The van der Waals surface area contributed by atoms with Gasteiger partial charge in [-0.25, -0.2) is 0 Å². The van der Waals surface area contributed by atoms with Crippen LogP contribution in [-0.2, 0) is 16.9 Å². The van der Waals surface area contributed by atoms with Crippen LogP contribution in [0.4, 0.5) is 0 Å². The van der Waals surface area contributed by atoms with Gasteiger partial charge < -0.3 is 9.15 Å². The third kappa shape index (κ3) is 1.35. The molecule has 0 aliphatic carbocycles. The van der Waals surface area contributed by atoms with Crippen LogP contribution in [0.25, 0.3) is 0 Å². The van der Waals surface area contributed by atoms with Crippen LogP contribution in [0.5, 0.6) is 0 Å². The van der Waals surface area contributed by atoms with Gasteiger partial charge in [0.15, 0.2) is 0 Å². The summed E-state index contributed by atoms with van der Waals surface area (Å²) in [6, 6.07) is 12.7. The highest BCUT2D eigenvalue weighted by atomic mass is 32.2. The first kappa shape index (κ1) is 10.7. The third-order valence-electron chi connectivity index (χ3n) is 4.04. The maximum atomic E-state index is 6.25. The van der Waals surface area contributed by atoms with Gasteiger partial charge in [0.1, 0.15) is 18.0 Å². The van der Waals surface area contributed by atoms with Gasteiger partial charge in [0.05, 0.1) is 6.26 Å². The van der Waals surface area contributed by atoms with E-state index in [1.807, 2.05) is 11.8 Å². The molecule has 1 aromatic heterocycles. The molecule has 92 valence electrons. The van der Waals surface area contributed by atoms with Gasteiger partial charge in [-0.1, -0.05) is 30.3 Å². The number of furan rings is 1. The predicted octanol–water partition coefficient (Wildman–Crippen LogP) is 3.54. The minimum Gasteiger partial charge on any atom is -0.467 e. The molecule has 0 N–H and O–H groups in total. The molecular formula is C15H14O2S. The molecule has 4 rings (SSSR count). The van der Waals surface area contributed by atoms with Crippen LogP contribution in [0.15, 0.2) is 47.1 Å². The first-order valence-corrected chi connectivity index (χ1v) is 7.39. The molecule has 0 spiro atoms. The maximum absolute atomic E-state index is 6.25. The average molecular weight is 258 g/mol. The van der Waals surface area contributed by atoms with Gasteiger partial charge in [0.2, 0.25) is 0 Å². The lowest BCUT2D eigenvalue weighted by molar-refractivity contribution is -0.0749. The van der Waals surface area contributed by atoms with E-state index in [-0.39, 0.29) is 5.60 Å². The van der Waals surface area contributed by atoms with Crippen LogP contribution in [0.2, 0.25) is 0 Å². The van der Waals surface area contributed by atoms with Crippen LogP contribution >= 0.6 is 11.8 Å². The van der Waals surface area contributed by atoms with E-state index in [0.29, 0.717) is 12.5 Å². The topological polar surface area (TPSA) is 22.4 Å². The Kier molecular flexibility index (Phi) is 2.32. The van der Waals surface area contributed by atoms with Crippen LogP contribution < -0.4 is 0 Å². The third-order valence-corrected chi connectivity index (χ3v) is 5.24. The van der Waals surface area contributed by atoms with Crippen LogP contribution in [0.3, 0.4) is 0 Å². The molecular weight excluding hydrogens is 244 g/mol. The van der Waals surface area contributed by atoms with Crippen molar-refractivity contribution in [3.8, 4) is 0 Å². The second-order valence-corrected chi connectivity index (χ2v) is 5.94. The van der Waals surface area contributed by atoms with Crippen molar-refractivity contribution in [2.24, 2.45) is 0 Å². The predicted molar refractivity (Wildman–Crippen MR) is 71.7 cm³/mol. The van der Waals surface area contributed by atoms with Gasteiger partial charge >= 0.3 is 0 Å². The van der Waals surface area contributed by atoms with E-state index in [9.17, 15) is 0 Å². The molecule has 0 radical (unpaired) electrons. The molecule has 2 aromatic rings. The van der Waals surface area contributed by atoms with Crippen molar-refractivity contribution < 1.29 is 9.15 Å². The highest BCUT2D eigenvalue weighted by Crippen LogP contribution is 2.53. The highest BCUT2D eigenvalue weighted by Gasteiger charge is 2.50. The Hall–Kier alpha value is -1.19. The Morgan fingerprint density at radius 1 is 1.17 bits per heavy atom. The summed E-state index contributed by atoms with van der Waals surface area (Å²) in [5.74, 6) is 3.58. The number of hydrogen-bond acceptors (Lipinski definition) is 3. The number of ether oxygens (including phenoxy) is 1. The van der Waals surface area contributed by atoms with Gasteiger partial charge in [-0.2, -0.15) is 11.8 Å². The summed E-state index contributed by atoms with van der Waals surface area (Å²) >= 11 is 1.97. The fourth-order valence-corrected chi connectivity index (χ4v) is 4.66. The van der Waals surface area contributed by atoms with Crippen molar-refractivity contribution in [2.45, 2.75) is 18.1 Å². The number of rotatable bonds is 1. The fourth-order valence-electron chi connectivity index (χ4n) is 3.11. The second kappa shape index (κ2) is 3.90. The summed E-state index contributed by atoms with van der Waals surface area (Å²) in [6.07, 6.45) is 1.79. The smallest absolute Gasteiger partial charge is 0.133 e. The summed E-state index contributed by atoms with van der Waals surface area (Å²) < 4.78 is 11.8. The first-order valence-electron chi connectivity index (χ1n) is 6.24. The minimum absolute atomic E-state index is 0.150. The van der Waals surface area contributed by atoms with Gasteiger partial charge in [0, 0.05) is 23.0 Å². The molecule has 0 unspecified atom stereocenters. The Labute approximate surface area is 110 Å². The van der Waals surface area contributed by atoms with Crippen molar-refractivity contribution >= 4 is 11.8 Å². The lowest BCUT2D eigenvalue weighted by Crippen LogP contribution is -2.39. The van der Waals surface area contributed by atoms with E-state index < -0.39 is 0 Å². The molecule has 1 aromatic carbocycles. The molecule has 2 nitrogen and oxygen atoms in total. The Bertz CT molecular complexity index is 563. The summed E-state index contributed by atoms with van der Waals surface area (Å²) in [6.45, 7) is 0.592. The van der Waals surface area contributed by atoms with Gasteiger partial charge in [0.25, 0.3) is 0 Å². The molecule has 0 amide bonds. The lowest BCUT2D eigenvalue weighted by atomic mass is 9.78. The van der Waals surface area contributed by atoms with Crippen LogP contribution in [-0.4, -0.2) is 11.5 Å². The van der Waals surface area contributed by atoms with Crippen LogP contribution in [0.1, 0.15) is 22.8 Å². The molecule has 3 heteroatoms. The largest absolute Gasteiger partial charge is 0.467 e. The molecule has 1 saturated heterocycles.